The first-order valence-electron chi connectivity index (χ1n) is 4.89. The molecule has 1 aromatic rings. The third-order valence-electron chi connectivity index (χ3n) is 2.26. The number of pyridine rings is 1. The van der Waals surface area contributed by atoms with Crippen molar-refractivity contribution in [3.8, 4) is 0 Å². The molecular formula is C9H13BNO4+. The number of aliphatic hydroxyl groups is 1. The molecule has 15 heavy (non-hydrogen) atoms. The Labute approximate surface area is 87.8 Å². The van der Waals surface area contributed by atoms with E-state index in [0.717, 1.165) is 0 Å². The number of hydrogen-bond acceptors (Lipinski definition) is 4. The summed E-state index contributed by atoms with van der Waals surface area (Å²) in [4.78, 5) is 2.85. The fraction of sp³-hybridized carbons (Fsp3) is 0.444. The summed E-state index contributed by atoms with van der Waals surface area (Å²) in [6, 6.07) is 3.51. The van der Waals surface area contributed by atoms with Gasteiger partial charge in [0.2, 0.25) is 0 Å². The molecule has 0 bridgehead atoms. The highest BCUT2D eigenvalue weighted by atomic mass is 16.7. The first-order chi connectivity index (χ1) is 7.25. The van der Waals surface area contributed by atoms with Crippen LogP contribution in [0.4, 0.5) is 0 Å². The van der Waals surface area contributed by atoms with Crippen molar-refractivity contribution in [1.29, 1.82) is 0 Å². The zero-order chi connectivity index (χ0) is 10.7. The maximum Gasteiger partial charge on any atom is 0.499 e. The second-order valence-electron chi connectivity index (χ2n) is 3.42. The first-order valence-corrected chi connectivity index (χ1v) is 4.89. The van der Waals surface area contributed by atoms with Gasteiger partial charge in [-0.2, -0.15) is 0 Å². The van der Waals surface area contributed by atoms with E-state index in [0.29, 0.717) is 18.3 Å². The quantitative estimate of drug-likeness (QED) is 0.605. The minimum absolute atomic E-state index is 0.532. The van der Waals surface area contributed by atoms with Crippen LogP contribution in [0.2, 0.25) is 0 Å². The standard InChI is InChI=1S/C9H12BNO4/c12-8-3-4-9(14-8)15-10(13)7-2-1-5-11-6-7/h1-2,5-6,8-9,12-13H,3-4H2/p+1. The average Bonchev–Trinajstić information content (AvgIpc) is 2.65. The molecule has 1 aliphatic heterocycles. The third-order valence-corrected chi connectivity index (χ3v) is 2.26. The van der Waals surface area contributed by atoms with E-state index in [1.165, 1.54) is 0 Å². The Balaban J connectivity index is 1.90. The molecule has 0 spiro atoms. The summed E-state index contributed by atoms with van der Waals surface area (Å²) in [5, 5.41) is 18.8. The van der Waals surface area contributed by atoms with Gasteiger partial charge in [-0.25, -0.2) is 4.98 Å². The molecule has 1 aliphatic rings. The van der Waals surface area contributed by atoms with Crippen LogP contribution in [-0.4, -0.2) is 29.8 Å². The molecule has 2 rings (SSSR count). The van der Waals surface area contributed by atoms with Crippen LogP contribution in [0.3, 0.4) is 0 Å². The molecule has 0 amide bonds. The predicted molar refractivity (Wildman–Crippen MR) is 51.8 cm³/mol. The van der Waals surface area contributed by atoms with Crippen LogP contribution in [0.1, 0.15) is 12.8 Å². The van der Waals surface area contributed by atoms with Crippen LogP contribution in [0.15, 0.2) is 24.5 Å². The lowest BCUT2D eigenvalue weighted by Gasteiger charge is -2.13. The average molecular weight is 210 g/mol. The Bertz CT molecular complexity index is 310. The van der Waals surface area contributed by atoms with Gasteiger partial charge in [-0.3, -0.25) is 0 Å². The van der Waals surface area contributed by atoms with Gasteiger partial charge in [0.15, 0.2) is 18.7 Å². The van der Waals surface area contributed by atoms with Crippen molar-refractivity contribution in [2.45, 2.75) is 25.4 Å². The van der Waals surface area contributed by atoms with Crippen molar-refractivity contribution in [3.63, 3.8) is 0 Å². The highest BCUT2D eigenvalue weighted by Crippen LogP contribution is 2.18. The van der Waals surface area contributed by atoms with Crippen LogP contribution >= 0.6 is 0 Å². The number of nitrogens with one attached hydrogen (secondary N) is 1. The van der Waals surface area contributed by atoms with Crippen molar-refractivity contribution in [2.24, 2.45) is 0 Å². The normalized spacial score (nSPS) is 25.5. The number of hydrogen-bond donors (Lipinski definition) is 2. The molecule has 2 heterocycles. The van der Waals surface area contributed by atoms with Gasteiger partial charge in [0.05, 0.1) is 0 Å². The molecule has 0 aliphatic carbocycles. The first kappa shape index (κ1) is 10.6. The van der Waals surface area contributed by atoms with E-state index in [2.05, 4.69) is 4.98 Å². The Morgan fingerprint density at radius 3 is 3.00 bits per heavy atom. The van der Waals surface area contributed by atoms with Crippen LogP contribution < -0.4 is 10.4 Å². The number of H-pyrrole nitrogens is 1. The number of aromatic amines is 1. The minimum Gasteiger partial charge on any atom is -0.423 e. The smallest absolute Gasteiger partial charge is 0.423 e. The van der Waals surface area contributed by atoms with E-state index in [4.69, 9.17) is 14.5 Å². The van der Waals surface area contributed by atoms with Crippen molar-refractivity contribution < 1.29 is 24.5 Å². The molecule has 5 nitrogen and oxygen atoms in total. The molecule has 80 valence electrons. The minimum atomic E-state index is -1.03. The Morgan fingerprint density at radius 1 is 1.53 bits per heavy atom. The third kappa shape index (κ3) is 2.76. The molecule has 2 atom stereocenters. The van der Waals surface area contributed by atoms with Gasteiger partial charge in [-0.05, 0) is 0 Å². The predicted octanol–water partition coefficient (Wildman–Crippen LogP) is -1.34. The van der Waals surface area contributed by atoms with Gasteiger partial charge >= 0.3 is 7.12 Å². The lowest BCUT2D eigenvalue weighted by molar-refractivity contribution is -0.376. The Kier molecular flexibility index (Phi) is 3.32. The number of ether oxygens (including phenoxy) is 1. The fourth-order valence-electron chi connectivity index (χ4n) is 1.47. The molecule has 1 aromatic heterocycles. The molecule has 2 unspecified atom stereocenters. The molecule has 0 saturated carbocycles. The summed E-state index contributed by atoms with van der Waals surface area (Å²) in [6.07, 6.45) is 3.22. The molecule has 3 N–H and O–H groups in total. The summed E-state index contributed by atoms with van der Waals surface area (Å²) in [6.45, 7) is 0. The van der Waals surface area contributed by atoms with Crippen molar-refractivity contribution in [2.75, 3.05) is 0 Å². The van der Waals surface area contributed by atoms with E-state index in [1.54, 1.807) is 24.5 Å². The van der Waals surface area contributed by atoms with E-state index >= 15 is 0 Å². The fourth-order valence-corrected chi connectivity index (χ4v) is 1.47. The SMILES string of the molecule is OB(OC1CCC(O)O1)c1ccc[nH+]c1. The van der Waals surface area contributed by atoms with Crippen LogP contribution in [0, 0.1) is 0 Å². The lowest BCUT2D eigenvalue weighted by Crippen LogP contribution is -2.39. The summed E-state index contributed by atoms with van der Waals surface area (Å²) >= 11 is 0. The zero-order valence-electron chi connectivity index (χ0n) is 8.17. The Hall–Kier alpha value is -0.945. The molecule has 0 radical (unpaired) electrons. The van der Waals surface area contributed by atoms with Gasteiger partial charge in [0.25, 0.3) is 0 Å². The maximum atomic E-state index is 9.66. The Morgan fingerprint density at radius 2 is 2.40 bits per heavy atom. The van der Waals surface area contributed by atoms with Crippen molar-refractivity contribution in [3.05, 3.63) is 24.5 Å². The molecular weight excluding hydrogens is 197 g/mol. The van der Waals surface area contributed by atoms with Gasteiger partial charge < -0.3 is 19.5 Å². The summed E-state index contributed by atoms with van der Waals surface area (Å²) in [5.74, 6) is 0. The summed E-state index contributed by atoms with van der Waals surface area (Å²) < 4.78 is 10.2. The van der Waals surface area contributed by atoms with Crippen molar-refractivity contribution in [1.82, 2.24) is 0 Å². The molecule has 1 fully saturated rings. The van der Waals surface area contributed by atoms with Crippen LogP contribution in [0.5, 0.6) is 0 Å². The number of aliphatic hydroxyl groups excluding tert-OH is 1. The maximum absolute atomic E-state index is 9.66. The van der Waals surface area contributed by atoms with Gasteiger partial charge in [0, 0.05) is 24.4 Å². The van der Waals surface area contributed by atoms with Crippen molar-refractivity contribution >= 4 is 12.6 Å². The lowest BCUT2D eigenvalue weighted by atomic mass is 9.81. The van der Waals surface area contributed by atoms with E-state index in [9.17, 15) is 5.02 Å². The highest BCUT2D eigenvalue weighted by molar-refractivity contribution is 6.59. The molecule has 6 heteroatoms. The summed E-state index contributed by atoms with van der Waals surface area (Å²) in [5.41, 5.74) is 0.627. The van der Waals surface area contributed by atoms with Gasteiger partial charge in [0.1, 0.15) is 6.29 Å². The monoisotopic (exact) mass is 210 g/mol. The van der Waals surface area contributed by atoms with E-state index in [1.807, 2.05) is 0 Å². The second-order valence-corrected chi connectivity index (χ2v) is 3.42. The number of aromatic nitrogens is 1. The number of rotatable bonds is 3. The van der Waals surface area contributed by atoms with E-state index in [-0.39, 0.29) is 0 Å². The van der Waals surface area contributed by atoms with Gasteiger partial charge in [-0.15, -0.1) is 0 Å². The second kappa shape index (κ2) is 4.72. The summed E-state index contributed by atoms with van der Waals surface area (Å²) in [7, 11) is -1.03. The molecule has 0 aromatic carbocycles. The highest BCUT2D eigenvalue weighted by Gasteiger charge is 2.29. The van der Waals surface area contributed by atoms with Crippen LogP contribution in [0.25, 0.3) is 0 Å². The zero-order valence-corrected chi connectivity index (χ0v) is 8.17. The largest absolute Gasteiger partial charge is 0.499 e. The van der Waals surface area contributed by atoms with E-state index < -0.39 is 19.7 Å². The topological polar surface area (TPSA) is 73.1 Å². The van der Waals surface area contributed by atoms with Crippen LogP contribution in [-0.2, 0) is 9.39 Å². The van der Waals surface area contributed by atoms with Gasteiger partial charge in [-0.1, -0.05) is 6.07 Å². The molecule has 1 saturated heterocycles.